The average Bonchev–Trinajstić information content (AvgIpc) is 2.35. The monoisotopic (exact) mass is 273 g/mol. The molecule has 7 heteroatoms. The van der Waals surface area contributed by atoms with E-state index in [9.17, 15) is 14.4 Å². The van der Waals surface area contributed by atoms with Crippen molar-refractivity contribution < 1.29 is 29.0 Å². The lowest BCUT2D eigenvalue weighted by molar-refractivity contribution is -0.142. The molecule has 19 heavy (non-hydrogen) atoms. The van der Waals surface area contributed by atoms with Gasteiger partial charge in [-0.25, -0.2) is 9.59 Å². The fourth-order valence-corrected chi connectivity index (χ4v) is 1.14. The molecule has 0 bridgehead atoms. The third-order valence-corrected chi connectivity index (χ3v) is 1.98. The summed E-state index contributed by atoms with van der Waals surface area (Å²) in [5.74, 6) is -2.25. The van der Waals surface area contributed by atoms with Gasteiger partial charge in [0.15, 0.2) is 0 Å². The number of carbonyl (C=O) groups is 3. The van der Waals surface area contributed by atoms with Crippen LogP contribution < -0.4 is 5.32 Å². The van der Waals surface area contributed by atoms with Gasteiger partial charge in [-0.1, -0.05) is 6.08 Å². The van der Waals surface area contributed by atoms with Crippen LogP contribution in [0.3, 0.4) is 0 Å². The van der Waals surface area contributed by atoms with Crippen LogP contribution in [0.4, 0.5) is 0 Å². The molecule has 0 aromatic rings. The standard InChI is InChI=1S/C12H19NO6/c1-3-18-8-10(14)13-9(12(16)17)6-5-7-11(15)19-4-2/h5,7,9H,3-4,6,8H2,1-2H3,(H,13,14)(H,16,17)/b7-5+/t9-/m0/s1. The predicted octanol–water partition coefficient (Wildman–Crippen LogP) is 0.102. The van der Waals surface area contributed by atoms with Gasteiger partial charge in [-0.15, -0.1) is 0 Å². The van der Waals surface area contributed by atoms with Crippen LogP contribution in [0.1, 0.15) is 20.3 Å². The molecule has 0 spiro atoms. The Labute approximate surface area is 111 Å². The number of ether oxygens (including phenoxy) is 2. The minimum absolute atomic E-state index is 0.00792. The third-order valence-electron chi connectivity index (χ3n) is 1.98. The first-order valence-electron chi connectivity index (χ1n) is 5.94. The van der Waals surface area contributed by atoms with Crippen LogP contribution in [0, 0.1) is 0 Å². The van der Waals surface area contributed by atoms with Crippen molar-refractivity contribution >= 4 is 17.8 Å². The Kier molecular flexibility index (Phi) is 9.07. The van der Waals surface area contributed by atoms with Crippen LogP contribution in [-0.2, 0) is 23.9 Å². The molecule has 7 nitrogen and oxygen atoms in total. The van der Waals surface area contributed by atoms with Crippen molar-refractivity contribution in [2.45, 2.75) is 26.3 Å². The molecule has 2 N–H and O–H groups in total. The number of hydrogen-bond donors (Lipinski definition) is 2. The quantitative estimate of drug-likeness (QED) is 0.456. The van der Waals surface area contributed by atoms with E-state index in [-0.39, 0.29) is 19.6 Å². The fraction of sp³-hybridized carbons (Fsp3) is 0.583. The molecule has 0 radical (unpaired) electrons. The summed E-state index contributed by atoms with van der Waals surface area (Å²) in [6, 6.07) is -1.10. The molecule has 1 atom stereocenters. The van der Waals surface area contributed by atoms with Crippen LogP contribution >= 0.6 is 0 Å². The molecular weight excluding hydrogens is 254 g/mol. The zero-order chi connectivity index (χ0) is 14.7. The molecule has 0 unspecified atom stereocenters. The van der Waals surface area contributed by atoms with Crippen LogP contribution in [0.15, 0.2) is 12.2 Å². The summed E-state index contributed by atoms with van der Waals surface area (Å²) < 4.78 is 9.49. The minimum atomic E-state index is -1.18. The summed E-state index contributed by atoms with van der Waals surface area (Å²) in [5, 5.41) is 11.2. The van der Waals surface area contributed by atoms with Crippen LogP contribution in [0.2, 0.25) is 0 Å². The fourth-order valence-electron chi connectivity index (χ4n) is 1.14. The highest BCUT2D eigenvalue weighted by Crippen LogP contribution is 1.96. The summed E-state index contributed by atoms with van der Waals surface area (Å²) >= 11 is 0. The highest BCUT2D eigenvalue weighted by atomic mass is 16.5. The van der Waals surface area contributed by atoms with E-state index in [0.717, 1.165) is 6.08 Å². The van der Waals surface area contributed by atoms with E-state index in [1.165, 1.54) is 6.08 Å². The highest BCUT2D eigenvalue weighted by Gasteiger charge is 2.18. The van der Waals surface area contributed by atoms with Crippen LogP contribution in [-0.4, -0.2) is 48.8 Å². The van der Waals surface area contributed by atoms with Crippen molar-refractivity contribution in [3.05, 3.63) is 12.2 Å². The number of aliphatic carboxylic acids is 1. The van der Waals surface area contributed by atoms with Gasteiger partial charge >= 0.3 is 11.9 Å². The Morgan fingerprint density at radius 3 is 2.47 bits per heavy atom. The molecule has 0 aliphatic heterocycles. The van der Waals surface area contributed by atoms with Crippen molar-refractivity contribution in [2.75, 3.05) is 19.8 Å². The molecule has 0 aliphatic carbocycles. The zero-order valence-electron chi connectivity index (χ0n) is 11.0. The average molecular weight is 273 g/mol. The number of carbonyl (C=O) groups excluding carboxylic acids is 2. The van der Waals surface area contributed by atoms with Gasteiger partial charge in [-0.05, 0) is 20.3 Å². The SMILES string of the molecule is CCOCC(=O)N[C@@H](C/C=C/C(=O)OCC)C(=O)O. The Morgan fingerprint density at radius 2 is 1.95 bits per heavy atom. The number of amides is 1. The Bertz CT molecular complexity index is 339. The summed E-state index contributed by atoms with van der Waals surface area (Å²) in [7, 11) is 0. The summed E-state index contributed by atoms with van der Waals surface area (Å²) in [6.45, 7) is 3.82. The normalized spacial score (nSPS) is 12.1. The van der Waals surface area contributed by atoms with Gasteiger partial charge < -0.3 is 19.9 Å². The lowest BCUT2D eigenvalue weighted by Gasteiger charge is -2.12. The van der Waals surface area contributed by atoms with E-state index in [1.54, 1.807) is 13.8 Å². The van der Waals surface area contributed by atoms with Crippen molar-refractivity contribution in [2.24, 2.45) is 0 Å². The number of hydrogen-bond acceptors (Lipinski definition) is 5. The first kappa shape index (κ1) is 17.1. The largest absolute Gasteiger partial charge is 0.480 e. The zero-order valence-corrected chi connectivity index (χ0v) is 11.0. The lowest BCUT2D eigenvalue weighted by Crippen LogP contribution is -2.42. The van der Waals surface area contributed by atoms with Gasteiger partial charge in [0, 0.05) is 12.7 Å². The van der Waals surface area contributed by atoms with Gasteiger partial charge in [0.05, 0.1) is 6.61 Å². The highest BCUT2D eigenvalue weighted by molar-refractivity contribution is 5.85. The van der Waals surface area contributed by atoms with E-state index in [2.05, 4.69) is 10.1 Å². The second-order valence-corrected chi connectivity index (χ2v) is 3.49. The Balaban J connectivity index is 4.23. The molecule has 0 aromatic carbocycles. The van der Waals surface area contributed by atoms with E-state index < -0.39 is 23.9 Å². The molecule has 0 saturated heterocycles. The van der Waals surface area contributed by atoms with Crippen LogP contribution in [0.5, 0.6) is 0 Å². The molecular formula is C12H19NO6. The Morgan fingerprint density at radius 1 is 1.26 bits per heavy atom. The Hall–Kier alpha value is -1.89. The number of nitrogens with one attached hydrogen (secondary N) is 1. The third kappa shape index (κ3) is 8.78. The molecule has 0 aromatic heterocycles. The topological polar surface area (TPSA) is 102 Å². The van der Waals surface area contributed by atoms with Gasteiger partial charge in [-0.2, -0.15) is 0 Å². The van der Waals surface area contributed by atoms with Crippen molar-refractivity contribution in [3.63, 3.8) is 0 Å². The first-order chi connectivity index (χ1) is 9.01. The minimum Gasteiger partial charge on any atom is -0.480 e. The van der Waals surface area contributed by atoms with E-state index >= 15 is 0 Å². The second-order valence-electron chi connectivity index (χ2n) is 3.49. The number of esters is 1. The predicted molar refractivity (Wildman–Crippen MR) is 66.4 cm³/mol. The second kappa shape index (κ2) is 10.1. The number of carboxylic acids is 1. The van der Waals surface area contributed by atoms with Crippen molar-refractivity contribution in [3.8, 4) is 0 Å². The van der Waals surface area contributed by atoms with Gasteiger partial charge in [0.2, 0.25) is 5.91 Å². The van der Waals surface area contributed by atoms with Crippen molar-refractivity contribution in [1.82, 2.24) is 5.32 Å². The van der Waals surface area contributed by atoms with Gasteiger partial charge in [0.1, 0.15) is 12.6 Å². The van der Waals surface area contributed by atoms with Crippen molar-refractivity contribution in [1.29, 1.82) is 0 Å². The first-order valence-corrected chi connectivity index (χ1v) is 5.94. The number of rotatable bonds is 9. The number of carboxylic acid groups (broad SMARTS) is 1. The molecule has 0 fully saturated rings. The van der Waals surface area contributed by atoms with E-state index in [0.29, 0.717) is 6.61 Å². The molecule has 0 rings (SSSR count). The summed E-state index contributed by atoms with van der Waals surface area (Å²) in [6.07, 6.45) is 2.47. The maximum Gasteiger partial charge on any atom is 0.330 e. The summed E-state index contributed by atoms with van der Waals surface area (Å²) in [5.41, 5.74) is 0. The maximum atomic E-state index is 11.3. The molecule has 0 aliphatic rings. The molecule has 0 heterocycles. The van der Waals surface area contributed by atoms with E-state index in [4.69, 9.17) is 9.84 Å². The lowest BCUT2D eigenvalue weighted by atomic mass is 10.2. The van der Waals surface area contributed by atoms with Gasteiger partial charge in [-0.3, -0.25) is 4.79 Å². The van der Waals surface area contributed by atoms with E-state index in [1.807, 2.05) is 0 Å². The molecule has 0 saturated carbocycles. The summed E-state index contributed by atoms with van der Waals surface area (Å²) in [4.78, 5) is 33.2. The maximum absolute atomic E-state index is 11.3. The van der Waals surface area contributed by atoms with Crippen LogP contribution in [0.25, 0.3) is 0 Å². The van der Waals surface area contributed by atoms with Gasteiger partial charge in [0.25, 0.3) is 0 Å². The molecule has 1 amide bonds. The molecule has 108 valence electrons. The smallest absolute Gasteiger partial charge is 0.330 e.